The molecule has 2 nitrogen and oxygen atoms in total. The Morgan fingerprint density at radius 3 is 2.76 bits per heavy atom. The van der Waals surface area contributed by atoms with Crippen molar-refractivity contribution in [2.24, 2.45) is 0 Å². The van der Waals surface area contributed by atoms with Crippen LogP contribution in [0.5, 0.6) is 5.75 Å². The highest BCUT2D eigenvalue weighted by atomic mass is 16.5. The van der Waals surface area contributed by atoms with Crippen LogP contribution < -0.4 is 4.74 Å². The lowest BCUT2D eigenvalue weighted by Crippen LogP contribution is -2.33. The van der Waals surface area contributed by atoms with Crippen LogP contribution in [-0.2, 0) is 6.42 Å². The summed E-state index contributed by atoms with van der Waals surface area (Å²) in [4.78, 5) is 2.51. The average Bonchev–Trinajstić information content (AvgIpc) is 2.40. The number of piperidine rings is 1. The molecule has 2 rings (SSSR count). The maximum Gasteiger partial charge on any atom is 0.119 e. The maximum absolute atomic E-state index is 5.81. The van der Waals surface area contributed by atoms with Gasteiger partial charge in [-0.25, -0.2) is 0 Å². The van der Waals surface area contributed by atoms with Crippen LogP contribution >= 0.6 is 0 Å². The molecule has 1 aromatic carbocycles. The van der Waals surface area contributed by atoms with Crippen LogP contribution in [0.25, 0.3) is 0 Å². The quantitative estimate of drug-likeness (QED) is 0.775. The van der Waals surface area contributed by atoms with E-state index in [2.05, 4.69) is 36.1 Å². The molecule has 2 heteroatoms. The third-order valence-electron chi connectivity index (χ3n) is 3.43. The molecule has 0 unspecified atom stereocenters. The van der Waals surface area contributed by atoms with Gasteiger partial charge in [-0.05, 0) is 50.0 Å². The molecule has 0 aromatic heterocycles. The Morgan fingerprint density at radius 2 is 2.00 bits per heavy atom. The van der Waals surface area contributed by atoms with E-state index in [1.54, 1.807) is 0 Å². The minimum atomic E-state index is 0.813. The van der Waals surface area contributed by atoms with E-state index >= 15 is 0 Å². The van der Waals surface area contributed by atoms with Crippen LogP contribution in [0, 0.1) is 0 Å². The molecule has 0 N–H and O–H groups in total. The van der Waals surface area contributed by atoms with E-state index in [0.717, 1.165) is 25.3 Å². The molecular weight excluding hydrogens is 210 g/mol. The molecule has 1 aliphatic rings. The van der Waals surface area contributed by atoms with Crippen LogP contribution in [0.15, 0.2) is 24.3 Å². The molecule has 0 amide bonds. The molecule has 1 fully saturated rings. The number of nitrogens with zero attached hydrogens (tertiary/aromatic N) is 1. The molecule has 0 aliphatic carbocycles. The lowest BCUT2D eigenvalue weighted by molar-refractivity contribution is 0.183. The monoisotopic (exact) mass is 233 g/mol. The second kappa shape index (κ2) is 6.65. The first-order valence-electron chi connectivity index (χ1n) is 6.82. The number of benzene rings is 1. The van der Waals surface area contributed by atoms with Crippen LogP contribution in [-0.4, -0.2) is 31.1 Å². The molecule has 0 bridgehead atoms. The van der Waals surface area contributed by atoms with Gasteiger partial charge in [0.25, 0.3) is 0 Å². The predicted octanol–water partition coefficient (Wildman–Crippen LogP) is 3.11. The lowest BCUT2D eigenvalue weighted by atomic mass is 10.1. The van der Waals surface area contributed by atoms with Crippen LogP contribution in [0.1, 0.15) is 31.7 Å². The predicted molar refractivity (Wildman–Crippen MR) is 71.6 cm³/mol. The fourth-order valence-electron chi connectivity index (χ4n) is 2.33. The Morgan fingerprint density at radius 1 is 1.18 bits per heavy atom. The summed E-state index contributed by atoms with van der Waals surface area (Å²) in [6.45, 7) is 6.55. The van der Waals surface area contributed by atoms with Crippen molar-refractivity contribution in [1.29, 1.82) is 0 Å². The lowest BCUT2D eigenvalue weighted by Gasteiger charge is -2.26. The van der Waals surface area contributed by atoms with E-state index in [-0.39, 0.29) is 0 Å². The van der Waals surface area contributed by atoms with Crippen LogP contribution in [0.4, 0.5) is 0 Å². The van der Waals surface area contributed by atoms with Crippen molar-refractivity contribution in [1.82, 2.24) is 4.90 Å². The summed E-state index contributed by atoms with van der Waals surface area (Å²) < 4.78 is 5.81. The van der Waals surface area contributed by atoms with Crippen molar-refractivity contribution < 1.29 is 4.74 Å². The summed E-state index contributed by atoms with van der Waals surface area (Å²) in [7, 11) is 0. The van der Waals surface area contributed by atoms with Crippen LogP contribution in [0.3, 0.4) is 0 Å². The van der Waals surface area contributed by atoms with E-state index in [0.29, 0.717) is 0 Å². The number of hydrogen-bond acceptors (Lipinski definition) is 2. The standard InChI is InChI=1S/C15H23NO/c1-2-14-7-6-8-15(13-14)17-12-11-16-9-4-3-5-10-16/h6-8,13H,2-5,9-12H2,1H3. The Balaban J connectivity index is 1.73. The van der Waals surface area contributed by atoms with Crippen molar-refractivity contribution in [2.75, 3.05) is 26.2 Å². The molecule has 0 radical (unpaired) electrons. The van der Waals surface area contributed by atoms with E-state index in [1.165, 1.54) is 37.9 Å². The Labute approximate surface area is 105 Å². The molecule has 94 valence electrons. The van der Waals surface area contributed by atoms with Gasteiger partial charge >= 0.3 is 0 Å². The Hall–Kier alpha value is -1.02. The first-order chi connectivity index (χ1) is 8.38. The SMILES string of the molecule is CCc1cccc(OCCN2CCCCC2)c1. The van der Waals surface area contributed by atoms with Gasteiger partial charge in [0.1, 0.15) is 12.4 Å². The first-order valence-corrected chi connectivity index (χ1v) is 6.82. The van der Waals surface area contributed by atoms with Crippen LogP contribution in [0.2, 0.25) is 0 Å². The van der Waals surface area contributed by atoms with Gasteiger partial charge in [-0.1, -0.05) is 25.5 Å². The van der Waals surface area contributed by atoms with E-state index < -0.39 is 0 Å². The highest BCUT2D eigenvalue weighted by molar-refractivity contribution is 5.28. The summed E-state index contributed by atoms with van der Waals surface area (Å²) in [5.74, 6) is 1.02. The fraction of sp³-hybridized carbons (Fsp3) is 0.600. The number of hydrogen-bond donors (Lipinski definition) is 0. The fourth-order valence-corrected chi connectivity index (χ4v) is 2.33. The highest BCUT2D eigenvalue weighted by Gasteiger charge is 2.09. The first kappa shape index (κ1) is 12.4. The molecule has 1 aromatic rings. The topological polar surface area (TPSA) is 12.5 Å². The summed E-state index contributed by atoms with van der Waals surface area (Å²) in [5.41, 5.74) is 1.35. The van der Waals surface area contributed by atoms with Gasteiger partial charge in [-0.15, -0.1) is 0 Å². The molecule has 0 atom stereocenters. The minimum absolute atomic E-state index is 0.813. The molecule has 0 saturated carbocycles. The molecule has 1 heterocycles. The normalized spacial score (nSPS) is 17.0. The number of likely N-dealkylation sites (tertiary alicyclic amines) is 1. The van der Waals surface area contributed by atoms with Gasteiger partial charge in [0.15, 0.2) is 0 Å². The number of rotatable bonds is 5. The van der Waals surface area contributed by atoms with Crippen molar-refractivity contribution in [3.05, 3.63) is 29.8 Å². The highest BCUT2D eigenvalue weighted by Crippen LogP contribution is 2.14. The van der Waals surface area contributed by atoms with Gasteiger partial charge < -0.3 is 4.74 Å². The Kier molecular flexibility index (Phi) is 4.87. The molecular formula is C15H23NO. The van der Waals surface area contributed by atoms with Gasteiger partial charge in [0.05, 0.1) is 0 Å². The van der Waals surface area contributed by atoms with Crippen molar-refractivity contribution in [2.45, 2.75) is 32.6 Å². The van der Waals surface area contributed by atoms with Gasteiger partial charge in [0, 0.05) is 6.54 Å². The molecule has 1 aliphatic heterocycles. The average molecular weight is 233 g/mol. The van der Waals surface area contributed by atoms with E-state index in [4.69, 9.17) is 4.74 Å². The maximum atomic E-state index is 5.81. The van der Waals surface area contributed by atoms with Crippen molar-refractivity contribution in [3.8, 4) is 5.75 Å². The largest absolute Gasteiger partial charge is 0.492 e. The Bertz CT molecular complexity index is 331. The van der Waals surface area contributed by atoms with Gasteiger partial charge in [0.2, 0.25) is 0 Å². The zero-order chi connectivity index (χ0) is 11.9. The third-order valence-corrected chi connectivity index (χ3v) is 3.43. The van der Waals surface area contributed by atoms with Gasteiger partial charge in [-0.2, -0.15) is 0 Å². The number of ether oxygens (including phenoxy) is 1. The zero-order valence-corrected chi connectivity index (χ0v) is 10.8. The van der Waals surface area contributed by atoms with E-state index in [9.17, 15) is 0 Å². The van der Waals surface area contributed by atoms with E-state index in [1.807, 2.05) is 0 Å². The summed E-state index contributed by atoms with van der Waals surface area (Å²) in [6, 6.07) is 8.43. The summed E-state index contributed by atoms with van der Waals surface area (Å²) in [6.07, 6.45) is 5.18. The van der Waals surface area contributed by atoms with Crippen molar-refractivity contribution in [3.63, 3.8) is 0 Å². The van der Waals surface area contributed by atoms with Gasteiger partial charge in [-0.3, -0.25) is 4.90 Å². The van der Waals surface area contributed by atoms with Crippen molar-refractivity contribution >= 4 is 0 Å². The smallest absolute Gasteiger partial charge is 0.119 e. The second-order valence-corrected chi connectivity index (χ2v) is 4.75. The summed E-state index contributed by atoms with van der Waals surface area (Å²) in [5, 5.41) is 0. The third kappa shape index (κ3) is 4.04. The zero-order valence-electron chi connectivity index (χ0n) is 10.8. The second-order valence-electron chi connectivity index (χ2n) is 4.75. The molecule has 0 spiro atoms. The number of aryl methyl sites for hydroxylation is 1. The minimum Gasteiger partial charge on any atom is -0.492 e. The molecule has 17 heavy (non-hydrogen) atoms. The molecule has 1 saturated heterocycles. The summed E-state index contributed by atoms with van der Waals surface area (Å²) >= 11 is 0.